The number of fused-ring (bicyclic) bond motifs is 1. The fraction of sp³-hybridized carbons (Fsp3) is 0.240. The highest BCUT2D eigenvalue weighted by atomic mass is 35.5. The van der Waals surface area contributed by atoms with Gasteiger partial charge in [0.05, 0.1) is 55.4 Å². The molecule has 2 atom stereocenters. The summed E-state index contributed by atoms with van der Waals surface area (Å²) in [5.74, 6) is -1.29. The Morgan fingerprint density at radius 1 is 0.894 bits per heavy atom. The minimum Gasteiger partial charge on any atom is -0.493 e. The molecule has 14 nitrogen and oxygen atoms in total. The average molecular weight is 933 g/mol. The van der Waals surface area contributed by atoms with E-state index in [-0.39, 0.29) is 52.2 Å². The van der Waals surface area contributed by atoms with Crippen molar-refractivity contribution in [3.63, 3.8) is 0 Å². The quantitative estimate of drug-likeness (QED) is 0.0846. The Morgan fingerprint density at radius 3 is 2.45 bits per heavy atom. The highest BCUT2D eigenvalue weighted by Crippen LogP contribution is 2.41. The van der Waals surface area contributed by atoms with Crippen LogP contribution < -0.4 is 30.3 Å². The summed E-state index contributed by atoms with van der Waals surface area (Å²) in [6.07, 6.45) is 5.65. The number of hydrogen-bond acceptors (Lipinski definition) is 11. The van der Waals surface area contributed by atoms with Gasteiger partial charge in [-0.25, -0.2) is 4.98 Å². The van der Waals surface area contributed by atoms with Gasteiger partial charge in [0.2, 0.25) is 5.79 Å². The number of aromatic nitrogens is 2. The molecule has 0 bridgehead atoms. The van der Waals surface area contributed by atoms with Crippen LogP contribution in [0, 0.1) is 0 Å². The summed E-state index contributed by atoms with van der Waals surface area (Å²) < 4.78 is 37.7. The van der Waals surface area contributed by atoms with E-state index in [1.165, 1.54) is 26.4 Å². The topological polar surface area (TPSA) is 156 Å². The fourth-order valence-electron chi connectivity index (χ4n) is 7.72. The molecule has 2 amide bonds. The molecule has 16 heteroatoms. The Balaban J connectivity index is 0.864. The van der Waals surface area contributed by atoms with Crippen LogP contribution in [0.1, 0.15) is 44.5 Å². The van der Waals surface area contributed by atoms with Crippen LogP contribution in [0.15, 0.2) is 137 Å². The van der Waals surface area contributed by atoms with Crippen LogP contribution in [0.3, 0.4) is 0 Å². The van der Waals surface area contributed by atoms with Gasteiger partial charge >= 0.3 is 0 Å². The van der Waals surface area contributed by atoms with E-state index in [1.54, 1.807) is 48.9 Å². The predicted octanol–water partition coefficient (Wildman–Crippen LogP) is 9.23. The smallest absolute Gasteiger partial charge is 0.291 e. The zero-order valence-corrected chi connectivity index (χ0v) is 37.9. The first-order valence-electron chi connectivity index (χ1n) is 21.2. The highest BCUT2D eigenvalue weighted by Gasteiger charge is 2.45. The molecule has 3 heterocycles. The van der Waals surface area contributed by atoms with Crippen LogP contribution in [-0.2, 0) is 34.8 Å². The van der Waals surface area contributed by atoms with Gasteiger partial charge in [0.15, 0.2) is 22.7 Å². The first kappa shape index (κ1) is 45.9. The number of methoxy groups -OCH3 is 2. The number of para-hydroxylation sites is 1. The summed E-state index contributed by atoms with van der Waals surface area (Å²) in [5.41, 5.74) is 3.53. The lowest BCUT2D eigenvalue weighted by Crippen LogP contribution is -2.34. The molecule has 8 rings (SSSR count). The second kappa shape index (κ2) is 20.7. The Morgan fingerprint density at radius 2 is 1.70 bits per heavy atom. The van der Waals surface area contributed by atoms with E-state index in [0.717, 1.165) is 42.5 Å². The van der Waals surface area contributed by atoms with Gasteiger partial charge in [-0.1, -0.05) is 72.6 Å². The third-order valence-electron chi connectivity index (χ3n) is 11.1. The molecule has 1 aliphatic rings. The van der Waals surface area contributed by atoms with Crippen molar-refractivity contribution in [2.75, 3.05) is 51.2 Å². The van der Waals surface area contributed by atoms with E-state index < -0.39 is 17.6 Å². The van der Waals surface area contributed by atoms with Gasteiger partial charge in [-0.15, -0.1) is 0 Å². The normalized spacial score (nSPS) is 15.8. The van der Waals surface area contributed by atoms with Crippen molar-refractivity contribution in [1.29, 1.82) is 0 Å². The number of rotatable bonds is 18. The van der Waals surface area contributed by atoms with Crippen molar-refractivity contribution < 1.29 is 37.7 Å². The monoisotopic (exact) mass is 931 g/mol. The number of amides is 2. The number of halogens is 2. The zero-order valence-electron chi connectivity index (χ0n) is 36.4. The van der Waals surface area contributed by atoms with Crippen LogP contribution >= 0.6 is 23.2 Å². The Kier molecular flexibility index (Phi) is 14.4. The van der Waals surface area contributed by atoms with E-state index >= 15 is 0 Å². The van der Waals surface area contributed by atoms with Crippen molar-refractivity contribution >= 4 is 57.4 Å². The molecule has 1 saturated heterocycles. The number of nitrogens with one attached hydrogen (secondary N) is 2. The summed E-state index contributed by atoms with van der Waals surface area (Å²) in [5, 5.41) is 6.94. The van der Waals surface area contributed by atoms with E-state index in [0.29, 0.717) is 46.4 Å². The summed E-state index contributed by atoms with van der Waals surface area (Å²) in [4.78, 5) is 46.4. The molecule has 340 valence electrons. The SMILES string of the molecule is CCN(CCc1ccc(NC(=O)c2cc(OC)c(OC)cc2NC(=O)c2cc(=O)c3ccccc3o2)cc1)Cc1cccc(OC[C@@H]2CO[C@@](Cn3ccnc3)(c3ccc(Cl)cc3Cl)O2)c1. The van der Waals surface area contributed by atoms with Crippen LogP contribution in [-0.4, -0.2) is 72.9 Å². The minimum atomic E-state index is -1.15. The van der Waals surface area contributed by atoms with E-state index in [9.17, 15) is 14.4 Å². The third-order valence-corrected chi connectivity index (χ3v) is 11.7. The molecule has 66 heavy (non-hydrogen) atoms. The van der Waals surface area contributed by atoms with Gasteiger partial charge in [-0.05, 0) is 78.7 Å². The van der Waals surface area contributed by atoms with E-state index in [4.69, 9.17) is 51.3 Å². The number of carbonyl (C=O) groups excluding carboxylic acids is 2. The van der Waals surface area contributed by atoms with Crippen molar-refractivity contribution in [3.8, 4) is 17.2 Å². The number of nitrogens with zero attached hydrogens (tertiary/aromatic N) is 3. The molecule has 0 aliphatic carbocycles. The molecule has 5 aromatic carbocycles. The summed E-state index contributed by atoms with van der Waals surface area (Å²) in [6.45, 7) is 5.38. The number of likely N-dealkylation sites (N-methyl/N-ethyl adjacent to an activating group) is 1. The zero-order chi connectivity index (χ0) is 46.2. The molecule has 0 unspecified atom stereocenters. The number of benzene rings is 5. The molecule has 1 fully saturated rings. The van der Waals surface area contributed by atoms with Gasteiger partial charge in [-0.3, -0.25) is 19.3 Å². The van der Waals surface area contributed by atoms with Crippen LogP contribution in [0.25, 0.3) is 11.0 Å². The minimum absolute atomic E-state index is 0.102. The maximum atomic E-state index is 13.8. The number of hydrogen-bond donors (Lipinski definition) is 2. The van der Waals surface area contributed by atoms with Crippen LogP contribution in [0.2, 0.25) is 10.0 Å². The lowest BCUT2D eigenvalue weighted by Gasteiger charge is -2.30. The van der Waals surface area contributed by atoms with Crippen molar-refractivity contribution in [1.82, 2.24) is 14.5 Å². The maximum Gasteiger partial charge on any atom is 0.291 e. The van der Waals surface area contributed by atoms with Gasteiger partial charge < -0.3 is 43.3 Å². The molecule has 0 saturated carbocycles. The summed E-state index contributed by atoms with van der Waals surface area (Å²) in [6, 6.07) is 31.6. The lowest BCUT2D eigenvalue weighted by atomic mass is 10.1. The van der Waals surface area contributed by atoms with Crippen LogP contribution in [0.4, 0.5) is 11.4 Å². The van der Waals surface area contributed by atoms with E-state index in [2.05, 4.69) is 33.5 Å². The number of anilines is 2. The molecule has 1 aliphatic heterocycles. The standard InChI is InChI=1S/C50H47Cl2N5O9/c1-4-56(27-33-8-7-9-36(22-33)63-28-37-29-64-50(66-37,30-57-21-19-53-31-57)40-17-14-34(51)23-41(40)52)20-18-32-12-15-35(16-13-32)54-48(59)39-24-45(61-2)46(62-3)25-42(39)55-49(60)47-26-43(58)38-10-5-6-11-44(38)65-47/h5-17,19,21-26,31,37H,4,18,20,27-30H2,1-3H3,(H,54,59)(H,55,60)/t37-,50-/m1/s1. The molecule has 2 aromatic heterocycles. The second-order valence-corrected chi connectivity index (χ2v) is 16.4. The number of ether oxygens (including phenoxy) is 5. The predicted molar refractivity (Wildman–Crippen MR) is 252 cm³/mol. The van der Waals surface area contributed by atoms with Crippen molar-refractivity contribution in [2.45, 2.75) is 38.3 Å². The van der Waals surface area contributed by atoms with Crippen LogP contribution in [0.5, 0.6) is 17.2 Å². The van der Waals surface area contributed by atoms with E-state index in [1.807, 2.05) is 59.3 Å². The molecule has 0 radical (unpaired) electrons. The van der Waals surface area contributed by atoms with Gasteiger partial charge in [-0.2, -0.15) is 0 Å². The van der Waals surface area contributed by atoms with Gasteiger partial charge in [0.1, 0.15) is 24.0 Å². The Labute approximate surface area is 390 Å². The number of imidazole rings is 1. The van der Waals surface area contributed by atoms with Crippen molar-refractivity contribution in [2.24, 2.45) is 0 Å². The first-order valence-corrected chi connectivity index (χ1v) is 22.0. The summed E-state index contributed by atoms with van der Waals surface area (Å²) in [7, 11) is 2.89. The Hall–Kier alpha value is -6.68. The highest BCUT2D eigenvalue weighted by molar-refractivity contribution is 6.35. The second-order valence-electron chi connectivity index (χ2n) is 15.6. The molecule has 0 spiro atoms. The molecular weight excluding hydrogens is 885 g/mol. The lowest BCUT2D eigenvalue weighted by molar-refractivity contribution is -0.189. The van der Waals surface area contributed by atoms with Crippen molar-refractivity contribution in [3.05, 3.63) is 176 Å². The first-order chi connectivity index (χ1) is 32.0. The maximum absolute atomic E-state index is 13.8. The third kappa shape index (κ3) is 10.7. The largest absolute Gasteiger partial charge is 0.493 e. The van der Waals surface area contributed by atoms with Gasteiger partial charge in [0, 0.05) is 53.9 Å². The molecule has 2 N–H and O–H groups in total. The molecular formula is C50H47Cl2N5O9. The number of carbonyl (C=O) groups is 2. The Bertz CT molecular complexity index is 2890. The average Bonchev–Trinajstić information content (AvgIpc) is 4.00. The molecule has 7 aromatic rings. The fourth-order valence-corrected chi connectivity index (χ4v) is 8.27. The summed E-state index contributed by atoms with van der Waals surface area (Å²) >= 11 is 12.9. The van der Waals surface area contributed by atoms with Gasteiger partial charge in [0.25, 0.3) is 11.8 Å².